The average Bonchev–Trinajstić information content (AvgIpc) is 2.81. The minimum Gasteiger partial charge on any atom is -0.469 e. The van der Waals surface area contributed by atoms with E-state index in [4.69, 9.17) is 16.3 Å². The van der Waals surface area contributed by atoms with Gasteiger partial charge in [-0.3, -0.25) is 4.79 Å². The quantitative estimate of drug-likeness (QED) is 0.617. The molecule has 1 fully saturated rings. The van der Waals surface area contributed by atoms with Crippen LogP contribution in [0.1, 0.15) is 6.92 Å². The third-order valence-electron chi connectivity index (χ3n) is 3.43. The second-order valence-electron chi connectivity index (χ2n) is 4.72. The van der Waals surface area contributed by atoms with Gasteiger partial charge < -0.3 is 4.74 Å². The van der Waals surface area contributed by atoms with Crippen molar-refractivity contribution in [2.75, 3.05) is 20.2 Å². The monoisotopic (exact) mass is 318 g/mol. The summed E-state index contributed by atoms with van der Waals surface area (Å²) in [5, 5.41) is -0.0679. The van der Waals surface area contributed by atoms with E-state index in [1.54, 1.807) is 0 Å². The lowest BCUT2D eigenvalue weighted by molar-refractivity contribution is -0.145. The molecule has 1 saturated heterocycles. The molecule has 0 bridgehead atoms. The van der Waals surface area contributed by atoms with Crippen LogP contribution in [0.4, 0.5) is 0 Å². The molecule has 2 rings (SSSR count). The van der Waals surface area contributed by atoms with Gasteiger partial charge in [-0.2, -0.15) is 4.31 Å². The predicted octanol–water partition coefficient (Wildman–Crippen LogP) is 1.16. The van der Waals surface area contributed by atoms with Crippen LogP contribution in [0.3, 0.4) is 0 Å². The smallest absolute Gasteiger partial charge is 0.310 e. The molecule has 110 valence electrons. The van der Waals surface area contributed by atoms with Crippen LogP contribution in [0.15, 0.2) is 23.2 Å². The summed E-state index contributed by atoms with van der Waals surface area (Å²) in [5.74, 6) is -0.953. The molecule has 8 heteroatoms. The second kappa shape index (κ2) is 5.67. The summed E-state index contributed by atoms with van der Waals surface area (Å²) < 4.78 is 31.0. The Hall–Kier alpha value is -1.18. The molecule has 6 nitrogen and oxygen atoms in total. The van der Waals surface area contributed by atoms with Gasteiger partial charge in [-0.1, -0.05) is 18.5 Å². The molecule has 20 heavy (non-hydrogen) atoms. The van der Waals surface area contributed by atoms with Gasteiger partial charge in [-0.25, -0.2) is 13.4 Å². The van der Waals surface area contributed by atoms with E-state index in [0.29, 0.717) is 0 Å². The number of hydrogen-bond acceptors (Lipinski definition) is 5. The van der Waals surface area contributed by atoms with Crippen LogP contribution >= 0.6 is 11.6 Å². The highest BCUT2D eigenvalue weighted by molar-refractivity contribution is 7.89. The van der Waals surface area contributed by atoms with Gasteiger partial charge in [0.15, 0.2) is 0 Å². The van der Waals surface area contributed by atoms with E-state index in [2.05, 4.69) is 4.98 Å². The summed E-state index contributed by atoms with van der Waals surface area (Å²) in [6.07, 6.45) is 1.42. The Bertz CT molecular complexity index is 620. The zero-order valence-electron chi connectivity index (χ0n) is 11.1. The van der Waals surface area contributed by atoms with Gasteiger partial charge in [-0.15, -0.1) is 0 Å². The molecular formula is C12H15ClN2O4S. The molecule has 1 aliphatic rings. The lowest BCUT2D eigenvalue weighted by Crippen LogP contribution is -2.30. The summed E-state index contributed by atoms with van der Waals surface area (Å²) in [6.45, 7) is 2.18. The van der Waals surface area contributed by atoms with Crippen molar-refractivity contribution < 1.29 is 17.9 Å². The molecule has 0 aliphatic carbocycles. The Morgan fingerprint density at radius 2 is 2.20 bits per heavy atom. The van der Waals surface area contributed by atoms with Gasteiger partial charge >= 0.3 is 5.97 Å². The first-order valence-electron chi connectivity index (χ1n) is 6.06. The molecule has 0 spiro atoms. The fourth-order valence-electron chi connectivity index (χ4n) is 2.28. The molecule has 0 radical (unpaired) electrons. The third kappa shape index (κ3) is 2.65. The van der Waals surface area contributed by atoms with Gasteiger partial charge in [-0.05, 0) is 18.1 Å². The highest BCUT2D eigenvalue weighted by atomic mass is 35.5. The zero-order valence-corrected chi connectivity index (χ0v) is 12.7. The number of carbonyl (C=O) groups excluding carboxylic acids is 1. The third-order valence-corrected chi connectivity index (χ3v) is 5.70. The Kier molecular flexibility index (Phi) is 4.31. The second-order valence-corrected chi connectivity index (χ2v) is 6.99. The molecule has 1 aromatic rings. The molecule has 0 saturated carbocycles. The fraction of sp³-hybridized carbons (Fsp3) is 0.500. The van der Waals surface area contributed by atoms with E-state index in [1.807, 2.05) is 6.92 Å². The Morgan fingerprint density at radius 1 is 1.50 bits per heavy atom. The van der Waals surface area contributed by atoms with Crippen molar-refractivity contribution in [3.63, 3.8) is 0 Å². The van der Waals surface area contributed by atoms with Crippen molar-refractivity contribution in [1.29, 1.82) is 0 Å². The van der Waals surface area contributed by atoms with Crippen molar-refractivity contribution in [1.82, 2.24) is 9.29 Å². The number of nitrogens with zero attached hydrogens (tertiary/aromatic N) is 2. The maximum atomic E-state index is 12.5. The number of methoxy groups -OCH3 is 1. The number of aromatic nitrogens is 1. The maximum absolute atomic E-state index is 12.5. The number of halogens is 1. The van der Waals surface area contributed by atoms with E-state index >= 15 is 0 Å². The standard InChI is InChI=1S/C12H15ClN2O4S/c1-8-6-15(7-9(8)12(16)19-2)20(17,18)10-4-3-5-14-11(10)13/h3-5,8-9H,6-7H2,1-2H3. The van der Waals surface area contributed by atoms with Crippen LogP contribution in [0.2, 0.25) is 5.15 Å². The summed E-state index contributed by atoms with van der Waals surface area (Å²) in [7, 11) is -2.45. The van der Waals surface area contributed by atoms with Crippen LogP contribution in [0, 0.1) is 11.8 Å². The van der Waals surface area contributed by atoms with Crippen molar-refractivity contribution >= 4 is 27.6 Å². The summed E-state index contributed by atoms with van der Waals surface area (Å²) >= 11 is 5.84. The van der Waals surface area contributed by atoms with Gasteiger partial charge in [0, 0.05) is 19.3 Å². The number of pyridine rings is 1. The molecule has 1 aromatic heterocycles. The molecule has 0 N–H and O–H groups in total. The lowest BCUT2D eigenvalue weighted by atomic mass is 9.99. The molecular weight excluding hydrogens is 304 g/mol. The number of hydrogen-bond donors (Lipinski definition) is 0. The van der Waals surface area contributed by atoms with Gasteiger partial charge in [0.1, 0.15) is 10.0 Å². The molecule has 0 amide bonds. The van der Waals surface area contributed by atoms with E-state index in [-0.39, 0.29) is 29.1 Å². The number of carbonyl (C=O) groups is 1. The van der Waals surface area contributed by atoms with Gasteiger partial charge in [0.2, 0.25) is 10.0 Å². The van der Waals surface area contributed by atoms with E-state index in [9.17, 15) is 13.2 Å². The Labute approximate surface area is 122 Å². The van der Waals surface area contributed by atoms with Crippen LogP contribution in [0.25, 0.3) is 0 Å². The molecule has 2 atom stereocenters. The molecule has 0 aromatic carbocycles. The number of ether oxygens (including phenoxy) is 1. The summed E-state index contributed by atoms with van der Waals surface area (Å²) in [5.41, 5.74) is 0. The minimum absolute atomic E-state index is 0.0422. The average molecular weight is 319 g/mol. The number of rotatable bonds is 3. The lowest BCUT2D eigenvalue weighted by Gasteiger charge is -2.16. The van der Waals surface area contributed by atoms with Crippen LogP contribution in [-0.4, -0.2) is 43.9 Å². The van der Waals surface area contributed by atoms with Crippen molar-refractivity contribution in [3.8, 4) is 0 Å². The van der Waals surface area contributed by atoms with E-state index in [1.165, 1.54) is 29.7 Å². The molecule has 1 aliphatic heterocycles. The van der Waals surface area contributed by atoms with Crippen molar-refractivity contribution in [2.24, 2.45) is 11.8 Å². The van der Waals surface area contributed by atoms with Gasteiger partial charge in [0.25, 0.3) is 0 Å². The Morgan fingerprint density at radius 3 is 2.80 bits per heavy atom. The fourth-order valence-corrected chi connectivity index (χ4v) is 4.27. The molecule has 2 unspecified atom stereocenters. The number of esters is 1. The highest BCUT2D eigenvalue weighted by Crippen LogP contribution is 2.31. The van der Waals surface area contributed by atoms with Crippen LogP contribution in [-0.2, 0) is 19.6 Å². The first-order chi connectivity index (χ1) is 9.37. The van der Waals surface area contributed by atoms with Crippen molar-refractivity contribution in [3.05, 3.63) is 23.5 Å². The first kappa shape index (κ1) is 15.2. The Balaban J connectivity index is 2.29. The van der Waals surface area contributed by atoms with Crippen LogP contribution < -0.4 is 0 Å². The number of sulfonamides is 1. The molecule has 2 heterocycles. The van der Waals surface area contributed by atoms with Crippen LogP contribution in [0.5, 0.6) is 0 Å². The topological polar surface area (TPSA) is 76.6 Å². The predicted molar refractivity (Wildman–Crippen MR) is 72.7 cm³/mol. The normalized spacial score (nSPS) is 23.8. The minimum atomic E-state index is -3.75. The largest absolute Gasteiger partial charge is 0.469 e. The van der Waals surface area contributed by atoms with Crippen molar-refractivity contribution in [2.45, 2.75) is 11.8 Å². The zero-order chi connectivity index (χ0) is 14.9. The van der Waals surface area contributed by atoms with E-state index < -0.39 is 21.9 Å². The SMILES string of the molecule is COC(=O)C1CN(S(=O)(=O)c2cccnc2Cl)CC1C. The van der Waals surface area contributed by atoms with E-state index in [0.717, 1.165) is 0 Å². The first-order valence-corrected chi connectivity index (χ1v) is 7.88. The highest BCUT2D eigenvalue weighted by Gasteiger charge is 2.41. The summed E-state index contributed by atoms with van der Waals surface area (Å²) in [4.78, 5) is 15.4. The summed E-state index contributed by atoms with van der Waals surface area (Å²) in [6, 6.07) is 2.91. The maximum Gasteiger partial charge on any atom is 0.310 e. The van der Waals surface area contributed by atoms with Gasteiger partial charge in [0.05, 0.1) is 13.0 Å².